The molecule has 1 heterocycles. The lowest BCUT2D eigenvalue weighted by atomic mass is 10.2. The Morgan fingerprint density at radius 2 is 1.41 bits per heavy atom. The molecule has 4 heteroatoms. The Kier molecular flexibility index (Phi) is 15.3. The van der Waals surface area contributed by atoms with Crippen molar-refractivity contribution in [3.05, 3.63) is 44.3 Å². The van der Waals surface area contributed by atoms with Gasteiger partial charge in [0.25, 0.3) is 0 Å². The molecule has 1 aromatic heterocycles. The molecule has 0 bridgehead atoms. The Hall–Kier alpha value is -0.450. The van der Waals surface area contributed by atoms with E-state index in [9.17, 15) is 0 Å². The van der Waals surface area contributed by atoms with E-state index in [0.717, 1.165) is 25.2 Å². The van der Waals surface area contributed by atoms with Gasteiger partial charge in [0, 0.05) is 19.4 Å². The maximum atomic E-state index is 4.54. The molecule has 0 saturated carbocycles. The van der Waals surface area contributed by atoms with Gasteiger partial charge in [-0.2, -0.15) is 0 Å². The van der Waals surface area contributed by atoms with Gasteiger partial charge in [-0.3, -0.25) is 0 Å². The lowest BCUT2D eigenvalue weighted by Crippen LogP contribution is -1.78. The largest absolute Gasteiger partial charge is 0.236 e. The Morgan fingerprint density at radius 1 is 0.955 bits per heavy atom. The summed E-state index contributed by atoms with van der Waals surface area (Å²) < 4.78 is 2.09. The predicted molar refractivity (Wildman–Crippen MR) is 112 cm³/mol. The van der Waals surface area contributed by atoms with Crippen molar-refractivity contribution in [3.8, 4) is 10.6 Å². The molecule has 0 N–H and O–H groups in total. The van der Waals surface area contributed by atoms with E-state index in [1.54, 1.807) is 17.4 Å². The minimum atomic E-state index is 0.969. The summed E-state index contributed by atoms with van der Waals surface area (Å²) >= 11 is 8.64. The second-order valence-corrected chi connectivity index (χ2v) is 6.36. The summed E-state index contributed by atoms with van der Waals surface area (Å²) in [4.78, 5) is 5.73. The van der Waals surface area contributed by atoms with Gasteiger partial charge in [-0.1, -0.05) is 80.0 Å². The van der Waals surface area contributed by atoms with Crippen LogP contribution in [0.3, 0.4) is 0 Å². The van der Waals surface area contributed by atoms with Gasteiger partial charge in [-0.25, -0.2) is 4.98 Å². The molecular weight excluding hydrogens is 422 g/mol. The van der Waals surface area contributed by atoms with Crippen molar-refractivity contribution in [2.75, 3.05) is 0 Å². The molecule has 2 aromatic rings. The van der Waals surface area contributed by atoms with E-state index in [1.807, 2.05) is 47.6 Å². The van der Waals surface area contributed by atoms with Crippen LogP contribution >= 0.6 is 43.2 Å². The molecule has 22 heavy (non-hydrogen) atoms. The molecule has 0 fully saturated rings. The van der Waals surface area contributed by atoms with E-state index in [4.69, 9.17) is 0 Å². The molecular formula is C18H27Br2NS. The number of halogens is 2. The van der Waals surface area contributed by atoms with Crippen LogP contribution in [0.1, 0.15) is 52.1 Å². The second kappa shape index (κ2) is 14.2. The summed E-state index contributed by atoms with van der Waals surface area (Å²) in [6.45, 7) is 17.8. The fourth-order valence-corrected chi connectivity index (χ4v) is 3.60. The normalized spacial score (nSPS) is 8.41. The van der Waals surface area contributed by atoms with Crippen LogP contribution in [0.15, 0.2) is 33.7 Å². The van der Waals surface area contributed by atoms with E-state index >= 15 is 0 Å². The first kappa shape index (κ1) is 23.8. The van der Waals surface area contributed by atoms with Gasteiger partial charge in [0.15, 0.2) is 0 Å². The van der Waals surface area contributed by atoms with Crippen molar-refractivity contribution < 1.29 is 0 Å². The van der Waals surface area contributed by atoms with E-state index in [2.05, 4.69) is 62.5 Å². The first-order valence-electron chi connectivity index (χ1n) is 7.66. The average Bonchev–Trinajstić information content (AvgIpc) is 2.93. The topological polar surface area (TPSA) is 12.9 Å². The van der Waals surface area contributed by atoms with Gasteiger partial charge in [-0.15, -0.1) is 11.3 Å². The lowest BCUT2D eigenvalue weighted by molar-refractivity contribution is 1.34. The molecule has 0 saturated heterocycles. The smallest absolute Gasteiger partial charge is 0.124 e. The standard InChI is InChI=1S/C12H9Br2NS.3C2H6/c1-3-11-7(2)16-12(15-11)8-4-9(13)6-10(14)5-8;3*1-2/h3-6H,1H2,2H3;3*1-2H3. The van der Waals surface area contributed by atoms with E-state index in [1.165, 1.54) is 4.88 Å². The number of benzene rings is 1. The first-order chi connectivity index (χ1) is 10.6. The second-order valence-electron chi connectivity index (χ2n) is 3.32. The molecule has 0 aliphatic carbocycles. The highest BCUT2D eigenvalue weighted by atomic mass is 79.9. The number of aromatic nitrogens is 1. The van der Waals surface area contributed by atoms with Gasteiger partial charge < -0.3 is 0 Å². The maximum Gasteiger partial charge on any atom is 0.124 e. The molecule has 0 atom stereocenters. The van der Waals surface area contributed by atoms with Crippen LogP contribution in [-0.2, 0) is 0 Å². The Labute approximate surface area is 157 Å². The monoisotopic (exact) mass is 447 g/mol. The van der Waals surface area contributed by atoms with Gasteiger partial charge in [-0.05, 0) is 31.2 Å². The molecule has 124 valence electrons. The van der Waals surface area contributed by atoms with Crippen LogP contribution in [0.4, 0.5) is 0 Å². The van der Waals surface area contributed by atoms with Crippen LogP contribution in [0.2, 0.25) is 0 Å². The Bertz CT molecular complexity index is 528. The summed E-state index contributed by atoms with van der Waals surface area (Å²) in [6, 6.07) is 6.14. The number of nitrogens with zero attached hydrogens (tertiary/aromatic N) is 1. The summed E-state index contributed by atoms with van der Waals surface area (Å²) in [5, 5.41) is 1.02. The highest BCUT2D eigenvalue weighted by Crippen LogP contribution is 2.32. The quantitative estimate of drug-likeness (QED) is 0.449. The maximum absolute atomic E-state index is 4.54. The summed E-state index contributed by atoms with van der Waals surface area (Å²) in [5.74, 6) is 0. The molecule has 0 spiro atoms. The molecule has 0 aliphatic heterocycles. The minimum absolute atomic E-state index is 0.969. The molecule has 0 amide bonds. The van der Waals surface area contributed by atoms with Crippen molar-refractivity contribution in [2.45, 2.75) is 48.5 Å². The summed E-state index contributed by atoms with van der Waals surface area (Å²) in [6.07, 6.45) is 1.79. The third-order valence-corrected chi connectivity index (χ3v) is 4.09. The predicted octanol–water partition coefficient (Wildman–Crippen LogP) is 8.37. The highest BCUT2D eigenvalue weighted by Gasteiger charge is 2.08. The van der Waals surface area contributed by atoms with Crippen LogP contribution in [0.25, 0.3) is 16.6 Å². The zero-order valence-electron chi connectivity index (χ0n) is 14.6. The fourth-order valence-electron chi connectivity index (χ4n) is 1.40. The number of hydrogen-bond acceptors (Lipinski definition) is 2. The average molecular weight is 449 g/mol. The zero-order chi connectivity index (χ0) is 17.7. The van der Waals surface area contributed by atoms with Gasteiger partial charge in [0.2, 0.25) is 0 Å². The number of rotatable bonds is 2. The third-order valence-electron chi connectivity index (χ3n) is 2.14. The van der Waals surface area contributed by atoms with Crippen molar-refractivity contribution in [1.29, 1.82) is 0 Å². The zero-order valence-corrected chi connectivity index (χ0v) is 18.6. The van der Waals surface area contributed by atoms with Gasteiger partial charge >= 0.3 is 0 Å². The van der Waals surface area contributed by atoms with E-state index in [0.29, 0.717) is 0 Å². The molecule has 0 aliphatic rings. The third kappa shape index (κ3) is 7.70. The summed E-state index contributed by atoms with van der Waals surface area (Å²) in [5.41, 5.74) is 2.08. The number of thiazole rings is 1. The number of hydrogen-bond donors (Lipinski definition) is 0. The van der Waals surface area contributed by atoms with Crippen LogP contribution in [-0.4, -0.2) is 4.98 Å². The lowest BCUT2D eigenvalue weighted by Gasteiger charge is -1.99. The van der Waals surface area contributed by atoms with Crippen molar-refractivity contribution in [3.63, 3.8) is 0 Å². The Balaban J connectivity index is 0. The fraction of sp³-hybridized carbons (Fsp3) is 0.389. The van der Waals surface area contributed by atoms with Gasteiger partial charge in [0.1, 0.15) is 5.01 Å². The van der Waals surface area contributed by atoms with Crippen LogP contribution in [0, 0.1) is 6.92 Å². The SMILES string of the molecule is C=Cc1nc(-c2cc(Br)cc(Br)c2)sc1C.CC.CC.CC. The van der Waals surface area contributed by atoms with Gasteiger partial charge in [0.05, 0.1) is 5.69 Å². The Morgan fingerprint density at radius 3 is 1.77 bits per heavy atom. The van der Waals surface area contributed by atoms with E-state index in [-0.39, 0.29) is 0 Å². The number of aryl methyl sites for hydroxylation is 1. The molecule has 0 radical (unpaired) electrons. The first-order valence-corrected chi connectivity index (χ1v) is 10.1. The van der Waals surface area contributed by atoms with E-state index < -0.39 is 0 Å². The van der Waals surface area contributed by atoms with Crippen LogP contribution in [0.5, 0.6) is 0 Å². The molecule has 0 unspecified atom stereocenters. The van der Waals surface area contributed by atoms with Crippen molar-refractivity contribution in [1.82, 2.24) is 4.98 Å². The van der Waals surface area contributed by atoms with Crippen LogP contribution < -0.4 is 0 Å². The molecule has 1 aromatic carbocycles. The highest BCUT2D eigenvalue weighted by molar-refractivity contribution is 9.11. The van der Waals surface area contributed by atoms with Crippen molar-refractivity contribution in [2.24, 2.45) is 0 Å². The minimum Gasteiger partial charge on any atom is -0.236 e. The van der Waals surface area contributed by atoms with Crippen molar-refractivity contribution >= 4 is 49.3 Å². The molecule has 2 rings (SSSR count). The summed E-state index contributed by atoms with van der Waals surface area (Å²) in [7, 11) is 0. The molecule has 1 nitrogen and oxygen atoms in total.